The third-order valence-corrected chi connectivity index (χ3v) is 16.6. The van der Waals surface area contributed by atoms with Crippen molar-refractivity contribution in [3.8, 4) is 33.4 Å². The lowest BCUT2D eigenvalue weighted by Gasteiger charge is -2.53. The maximum Gasteiger partial charge on any atom is 0.0468 e. The van der Waals surface area contributed by atoms with E-state index in [1.54, 1.807) is 22.3 Å². The first-order valence-electron chi connectivity index (χ1n) is 21.6. The van der Waals surface area contributed by atoms with E-state index in [0.717, 1.165) is 35.5 Å². The van der Waals surface area contributed by atoms with E-state index in [0.29, 0.717) is 0 Å². The zero-order valence-corrected chi connectivity index (χ0v) is 31.8. The highest BCUT2D eigenvalue weighted by Gasteiger charge is 2.60. The van der Waals surface area contributed by atoms with Crippen LogP contribution in [0.1, 0.15) is 86.5 Å². The SMILES string of the molecule is c1ccc(-c2ccc(N(c3ccc4c(c3)-c3ccccc3C43C4CCC5CC(C4)CC3C5)c3ccc4c(c3)C3(CC5CCC3C5)c3ccccc3-4)cc2)cc1. The fraction of sp³-hybridized carbons (Fsp3) is 0.333. The molecule has 6 saturated carbocycles. The molecule has 2 spiro atoms. The van der Waals surface area contributed by atoms with Crippen molar-refractivity contribution < 1.29 is 0 Å². The van der Waals surface area contributed by atoms with E-state index in [-0.39, 0.29) is 10.8 Å². The van der Waals surface area contributed by atoms with Crippen molar-refractivity contribution >= 4 is 17.1 Å². The Hall–Kier alpha value is -4.88. The summed E-state index contributed by atoms with van der Waals surface area (Å²) < 4.78 is 0. The molecule has 55 heavy (non-hydrogen) atoms. The lowest BCUT2D eigenvalue weighted by atomic mass is 9.51. The highest BCUT2D eigenvalue weighted by atomic mass is 15.1. The molecule has 1 heteroatoms. The molecule has 8 aliphatic carbocycles. The molecule has 8 aliphatic rings. The zero-order chi connectivity index (χ0) is 35.9. The van der Waals surface area contributed by atoms with Crippen LogP contribution in [0.25, 0.3) is 33.4 Å². The van der Waals surface area contributed by atoms with Crippen molar-refractivity contribution in [3.05, 3.63) is 162 Å². The second-order valence-corrected chi connectivity index (χ2v) is 18.9. The molecule has 6 aromatic carbocycles. The van der Waals surface area contributed by atoms with Gasteiger partial charge in [0.1, 0.15) is 0 Å². The third-order valence-electron chi connectivity index (χ3n) is 16.6. The Morgan fingerprint density at radius 3 is 1.80 bits per heavy atom. The van der Waals surface area contributed by atoms with Gasteiger partial charge in [0, 0.05) is 27.9 Å². The van der Waals surface area contributed by atoms with Crippen LogP contribution in [0.2, 0.25) is 0 Å². The fourth-order valence-electron chi connectivity index (χ4n) is 14.8. The first-order chi connectivity index (χ1) is 27.2. The number of hydrogen-bond acceptors (Lipinski definition) is 1. The van der Waals surface area contributed by atoms with Gasteiger partial charge in [-0.05, 0) is 179 Å². The molecule has 8 atom stereocenters. The number of fused-ring (bicyclic) bond motifs is 12. The minimum Gasteiger partial charge on any atom is -0.310 e. The van der Waals surface area contributed by atoms with Gasteiger partial charge >= 0.3 is 0 Å². The van der Waals surface area contributed by atoms with E-state index in [9.17, 15) is 0 Å². The average molecular weight is 712 g/mol. The minimum atomic E-state index is 0.148. The van der Waals surface area contributed by atoms with Crippen molar-refractivity contribution in [2.45, 2.75) is 75.0 Å². The van der Waals surface area contributed by atoms with Crippen molar-refractivity contribution in [2.24, 2.45) is 35.5 Å². The number of hydrogen-bond donors (Lipinski definition) is 0. The summed E-state index contributed by atoms with van der Waals surface area (Å²) >= 11 is 0. The summed E-state index contributed by atoms with van der Waals surface area (Å²) in [5, 5.41) is 0. The van der Waals surface area contributed by atoms with Gasteiger partial charge in [-0.15, -0.1) is 0 Å². The van der Waals surface area contributed by atoms with Crippen LogP contribution in [0.4, 0.5) is 17.1 Å². The van der Waals surface area contributed by atoms with Crippen LogP contribution in [-0.2, 0) is 10.8 Å². The Balaban J connectivity index is 1.000. The highest BCUT2D eigenvalue weighted by molar-refractivity contribution is 5.90. The van der Waals surface area contributed by atoms with Crippen LogP contribution < -0.4 is 4.90 Å². The standard InChI is InChI=1S/C54H49N/c1-2-8-37(9-3-1)38-16-20-42(21-17-38)55(44-22-24-47-45-10-4-6-12-49(45)53(52(47)32-44)33-35-15-18-39(53)28-35)43-23-25-51-48(31-43)46-11-5-7-13-50(46)54(51)40-19-14-34-26-36(29-40)30-41(54)27-34/h1-13,16-17,20-25,31-32,34-36,39-41H,14-15,18-19,26-30,33H2. The third kappa shape index (κ3) is 4.15. The quantitative estimate of drug-likeness (QED) is 0.176. The molecule has 270 valence electrons. The van der Waals surface area contributed by atoms with Gasteiger partial charge in [-0.1, -0.05) is 116 Å². The maximum absolute atomic E-state index is 2.63. The number of rotatable bonds is 4. The summed E-state index contributed by atoms with van der Waals surface area (Å²) in [6, 6.07) is 54.5. The Morgan fingerprint density at radius 1 is 0.382 bits per heavy atom. The Morgan fingerprint density at radius 2 is 0.982 bits per heavy atom. The zero-order valence-electron chi connectivity index (χ0n) is 31.8. The molecule has 0 saturated heterocycles. The van der Waals surface area contributed by atoms with Gasteiger partial charge in [0.25, 0.3) is 0 Å². The number of nitrogens with zero attached hydrogens (tertiary/aromatic N) is 1. The van der Waals surface area contributed by atoms with E-state index in [2.05, 4.69) is 144 Å². The first-order valence-corrected chi connectivity index (χ1v) is 21.6. The molecule has 6 fully saturated rings. The summed E-state index contributed by atoms with van der Waals surface area (Å²) in [4.78, 5) is 2.59. The molecule has 0 N–H and O–H groups in total. The first kappa shape index (κ1) is 31.3. The van der Waals surface area contributed by atoms with Crippen LogP contribution in [0, 0.1) is 35.5 Å². The fourth-order valence-corrected chi connectivity index (χ4v) is 14.8. The van der Waals surface area contributed by atoms with E-state index < -0.39 is 0 Å². The molecular weight excluding hydrogens is 663 g/mol. The van der Waals surface area contributed by atoms with Crippen molar-refractivity contribution in [1.82, 2.24) is 0 Å². The van der Waals surface area contributed by atoms with Gasteiger partial charge < -0.3 is 4.90 Å². The largest absolute Gasteiger partial charge is 0.310 e. The van der Waals surface area contributed by atoms with Gasteiger partial charge in [-0.3, -0.25) is 0 Å². The summed E-state index contributed by atoms with van der Waals surface area (Å²) in [5.41, 5.74) is 19.0. The minimum absolute atomic E-state index is 0.148. The molecule has 6 bridgehead atoms. The van der Waals surface area contributed by atoms with Gasteiger partial charge in [-0.25, -0.2) is 0 Å². The van der Waals surface area contributed by atoms with Crippen molar-refractivity contribution in [1.29, 1.82) is 0 Å². The van der Waals surface area contributed by atoms with E-state index in [1.165, 1.54) is 115 Å². The monoisotopic (exact) mass is 711 g/mol. The molecular formula is C54H49N. The van der Waals surface area contributed by atoms with Crippen molar-refractivity contribution in [3.63, 3.8) is 0 Å². The molecule has 1 nitrogen and oxygen atoms in total. The van der Waals surface area contributed by atoms with Crippen LogP contribution in [0.15, 0.2) is 140 Å². The second kappa shape index (κ2) is 11.3. The van der Waals surface area contributed by atoms with Crippen LogP contribution in [-0.4, -0.2) is 0 Å². The van der Waals surface area contributed by atoms with Crippen molar-refractivity contribution in [2.75, 3.05) is 4.90 Å². The maximum atomic E-state index is 2.63. The van der Waals surface area contributed by atoms with Gasteiger partial charge in [-0.2, -0.15) is 0 Å². The predicted octanol–water partition coefficient (Wildman–Crippen LogP) is 14.0. The second-order valence-electron chi connectivity index (χ2n) is 18.9. The molecule has 0 amide bonds. The van der Waals surface area contributed by atoms with Gasteiger partial charge in [0.15, 0.2) is 0 Å². The van der Waals surface area contributed by atoms with E-state index in [4.69, 9.17) is 0 Å². The molecule has 0 radical (unpaired) electrons. The predicted molar refractivity (Wildman–Crippen MR) is 226 cm³/mol. The molecule has 8 unspecified atom stereocenters. The van der Waals surface area contributed by atoms with Crippen LogP contribution in [0.3, 0.4) is 0 Å². The average Bonchev–Trinajstić information content (AvgIpc) is 3.96. The highest BCUT2D eigenvalue weighted by Crippen LogP contribution is 2.69. The lowest BCUT2D eigenvalue weighted by molar-refractivity contribution is 0.0618. The van der Waals surface area contributed by atoms with E-state index in [1.807, 2.05) is 0 Å². The van der Waals surface area contributed by atoms with Gasteiger partial charge in [0.05, 0.1) is 0 Å². The lowest BCUT2D eigenvalue weighted by Crippen LogP contribution is -2.48. The molecule has 0 aromatic heterocycles. The summed E-state index contributed by atoms with van der Waals surface area (Å²) in [6.07, 6.45) is 14.0. The van der Waals surface area contributed by atoms with Crippen LogP contribution >= 0.6 is 0 Å². The summed E-state index contributed by atoms with van der Waals surface area (Å²) in [7, 11) is 0. The summed E-state index contributed by atoms with van der Waals surface area (Å²) in [5.74, 6) is 5.00. The topological polar surface area (TPSA) is 3.24 Å². The summed E-state index contributed by atoms with van der Waals surface area (Å²) in [6.45, 7) is 0. The Labute approximate surface area is 326 Å². The molecule has 14 rings (SSSR count). The normalized spacial score (nSPS) is 31.1. The van der Waals surface area contributed by atoms with E-state index >= 15 is 0 Å². The Kier molecular flexibility index (Phi) is 6.47. The van der Waals surface area contributed by atoms with Crippen LogP contribution in [0.5, 0.6) is 0 Å². The smallest absolute Gasteiger partial charge is 0.0468 e. The number of anilines is 3. The molecule has 6 aromatic rings. The Bertz CT molecular complexity index is 2500. The molecule has 0 heterocycles. The number of benzene rings is 6. The molecule has 0 aliphatic heterocycles. The van der Waals surface area contributed by atoms with Gasteiger partial charge in [0.2, 0.25) is 0 Å².